The molecule has 1 aliphatic heterocycles. The predicted molar refractivity (Wildman–Crippen MR) is 144 cm³/mol. The second-order valence-corrected chi connectivity index (χ2v) is 9.39. The maximum atomic E-state index is 13.5. The van der Waals surface area contributed by atoms with Gasteiger partial charge in [-0.05, 0) is 55.5 Å². The van der Waals surface area contributed by atoms with Crippen molar-refractivity contribution < 1.29 is 18.7 Å². The number of hydrogen-bond donors (Lipinski definition) is 3. The van der Waals surface area contributed by atoms with Crippen LogP contribution in [0.15, 0.2) is 93.2 Å². The smallest absolute Gasteiger partial charge is 0.254 e. The summed E-state index contributed by atoms with van der Waals surface area (Å²) in [6.45, 7) is 1.75. The summed E-state index contributed by atoms with van der Waals surface area (Å²) >= 11 is 7.07. The number of benzene rings is 2. The van der Waals surface area contributed by atoms with Gasteiger partial charge in [-0.1, -0.05) is 35.5 Å². The number of dihydropyridines is 1. The number of nitrogens with one attached hydrogen (secondary N) is 3. The molecule has 10 heteroatoms. The molecule has 0 bridgehead atoms. The molecular formula is C27H23ClN4O4S. The van der Waals surface area contributed by atoms with Crippen LogP contribution in [0.1, 0.15) is 18.6 Å². The van der Waals surface area contributed by atoms with E-state index in [4.69, 9.17) is 20.8 Å². The minimum Gasteiger partial charge on any atom is -0.495 e. The van der Waals surface area contributed by atoms with Gasteiger partial charge < -0.3 is 25.1 Å². The van der Waals surface area contributed by atoms with Gasteiger partial charge in [0, 0.05) is 16.4 Å². The van der Waals surface area contributed by atoms with Crippen LogP contribution in [0.2, 0.25) is 5.02 Å². The lowest BCUT2D eigenvalue weighted by Crippen LogP contribution is -2.31. The van der Waals surface area contributed by atoms with E-state index in [-0.39, 0.29) is 17.2 Å². The zero-order chi connectivity index (χ0) is 26.4. The number of nitrogens with zero attached hydrogens (tertiary/aromatic N) is 1. The standard InChI is InChI=1S/C27H23ClN4O4S/c1-16-24(26(34)32-20-6-3-4-7-21(20)35-2)25(22-8-5-13-36-22)19(14-29)27(30-16)37-15-23(33)31-18-11-9-17(28)10-12-18/h3-13,25,30H,15H2,1-2H3,(H,31,33)(H,32,34)/t25-/m0/s1. The Balaban J connectivity index is 1.59. The molecule has 0 aliphatic carbocycles. The number of methoxy groups -OCH3 is 1. The first-order chi connectivity index (χ1) is 17.9. The van der Waals surface area contributed by atoms with Gasteiger partial charge in [0.2, 0.25) is 5.91 Å². The second kappa shape index (κ2) is 11.7. The van der Waals surface area contributed by atoms with Gasteiger partial charge in [-0.25, -0.2) is 0 Å². The number of rotatable bonds is 8. The van der Waals surface area contributed by atoms with Crippen LogP contribution in [0.25, 0.3) is 0 Å². The van der Waals surface area contributed by atoms with Gasteiger partial charge in [0.25, 0.3) is 5.91 Å². The molecule has 0 saturated heterocycles. The van der Waals surface area contributed by atoms with Gasteiger partial charge >= 0.3 is 0 Å². The van der Waals surface area contributed by atoms with Crippen LogP contribution in [-0.2, 0) is 9.59 Å². The monoisotopic (exact) mass is 534 g/mol. The Morgan fingerprint density at radius 3 is 2.57 bits per heavy atom. The molecule has 2 heterocycles. The molecular weight excluding hydrogens is 512 g/mol. The van der Waals surface area contributed by atoms with Gasteiger partial charge in [-0.2, -0.15) is 5.26 Å². The van der Waals surface area contributed by atoms with E-state index in [0.717, 1.165) is 0 Å². The fraction of sp³-hybridized carbons (Fsp3) is 0.148. The van der Waals surface area contributed by atoms with Crippen molar-refractivity contribution in [2.45, 2.75) is 12.8 Å². The van der Waals surface area contributed by atoms with Crippen LogP contribution < -0.4 is 20.7 Å². The Hall–Kier alpha value is -4.13. The fourth-order valence-electron chi connectivity index (χ4n) is 3.87. The molecule has 0 unspecified atom stereocenters. The molecule has 1 aliphatic rings. The van der Waals surface area contributed by atoms with Crippen molar-refractivity contribution in [3.05, 3.63) is 99.6 Å². The molecule has 0 fully saturated rings. The zero-order valence-corrected chi connectivity index (χ0v) is 21.6. The van der Waals surface area contributed by atoms with Crippen LogP contribution in [0, 0.1) is 11.3 Å². The molecule has 3 aromatic rings. The van der Waals surface area contributed by atoms with Crippen LogP contribution >= 0.6 is 23.4 Å². The minimum absolute atomic E-state index is 0.0387. The summed E-state index contributed by atoms with van der Waals surface area (Å²) in [4.78, 5) is 26.1. The van der Waals surface area contributed by atoms with E-state index in [1.807, 2.05) is 0 Å². The van der Waals surface area contributed by atoms with Crippen molar-refractivity contribution in [2.24, 2.45) is 0 Å². The first kappa shape index (κ1) is 25.9. The number of carbonyl (C=O) groups is 2. The topological polar surface area (TPSA) is 116 Å². The summed E-state index contributed by atoms with van der Waals surface area (Å²) in [5.74, 6) is -0.449. The van der Waals surface area contributed by atoms with Crippen LogP contribution in [0.4, 0.5) is 11.4 Å². The Bertz CT molecular complexity index is 1410. The van der Waals surface area contributed by atoms with Crippen LogP contribution in [0.3, 0.4) is 0 Å². The van der Waals surface area contributed by atoms with Crippen molar-refractivity contribution in [1.82, 2.24) is 5.32 Å². The largest absolute Gasteiger partial charge is 0.495 e. The Labute approximate surface area is 223 Å². The van der Waals surface area contributed by atoms with E-state index < -0.39 is 11.8 Å². The summed E-state index contributed by atoms with van der Waals surface area (Å²) in [6, 6.07) is 19.5. The molecule has 4 rings (SSSR count). The number of amides is 2. The predicted octanol–water partition coefficient (Wildman–Crippen LogP) is 5.65. The van der Waals surface area contributed by atoms with Gasteiger partial charge in [-0.3, -0.25) is 9.59 Å². The number of ether oxygens (including phenoxy) is 1. The summed E-state index contributed by atoms with van der Waals surface area (Å²) < 4.78 is 11.0. The van der Waals surface area contributed by atoms with Gasteiger partial charge in [0.15, 0.2) is 0 Å². The lowest BCUT2D eigenvalue weighted by Gasteiger charge is -2.28. The van der Waals surface area contributed by atoms with Gasteiger partial charge in [0.1, 0.15) is 11.5 Å². The summed E-state index contributed by atoms with van der Waals surface area (Å²) in [5, 5.41) is 20.0. The number of allylic oxidation sites excluding steroid dienone is 2. The molecule has 2 aromatic carbocycles. The highest BCUT2D eigenvalue weighted by Crippen LogP contribution is 2.41. The minimum atomic E-state index is -0.766. The third kappa shape index (κ3) is 6.00. The Morgan fingerprint density at radius 2 is 1.89 bits per heavy atom. The lowest BCUT2D eigenvalue weighted by atomic mass is 9.85. The average molecular weight is 535 g/mol. The average Bonchev–Trinajstić information content (AvgIpc) is 3.43. The third-order valence-electron chi connectivity index (χ3n) is 5.55. The van der Waals surface area contributed by atoms with E-state index in [1.54, 1.807) is 67.6 Å². The molecule has 0 radical (unpaired) electrons. The highest BCUT2D eigenvalue weighted by atomic mass is 35.5. The van der Waals surface area contributed by atoms with Gasteiger partial charge in [-0.15, -0.1) is 0 Å². The SMILES string of the molecule is COc1ccccc1NC(=O)C1=C(C)NC(SCC(=O)Nc2ccc(Cl)cc2)=C(C#N)[C@H]1c1ccco1. The summed E-state index contributed by atoms with van der Waals surface area (Å²) in [7, 11) is 1.52. The van der Waals surface area contributed by atoms with Crippen molar-refractivity contribution in [3.8, 4) is 11.8 Å². The highest BCUT2D eigenvalue weighted by Gasteiger charge is 2.36. The van der Waals surface area contributed by atoms with Crippen LogP contribution in [-0.4, -0.2) is 24.7 Å². The van der Waals surface area contributed by atoms with Gasteiger partial charge in [0.05, 0.1) is 53.0 Å². The number of halogens is 1. The Kier molecular flexibility index (Phi) is 8.23. The maximum absolute atomic E-state index is 13.5. The molecule has 188 valence electrons. The number of furan rings is 1. The third-order valence-corrected chi connectivity index (χ3v) is 6.82. The van der Waals surface area contributed by atoms with Crippen molar-refractivity contribution in [2.75, 3.05) is 23.5 Å². The molecule has 8 nitrogen and oxygen atoms in total. The number of anilines is 2. The summed E-state index contributed by atoms with van der Waals surface area (Å²) in [5.41, 5.74) is 2.24. The van der Waals surface area contributed by atoms with Crippen molar-refractivity contribution in [3.63, 3.8) is 0 Å². The fourth-order valence-corrected chi connectivity index (χ4v) is 4.89. The van der Waals surface area contributed by atoms with Crippen molar-refractivity contribution >= 4 is 46.6 Å². The van der Waals surface area contributed by atoms with E-state index in [1.165, 1.54) is 25.1 Å². The molecule has 0 spiro atoms. The molecule has 37 heavy (non-hydrogen) atoms. The van der Waals surface area contributed by atoms with E-state index in [0.29, 0.717) is 44.2 Å². The van der Waals surface area contributed by atoms with E-state index in [9.17, 15) is 14.9 Å². The molecule has 1 atom stereocenters. The molecule has 3 N–H and O–H groups in total. The highest BCUT2D eigenvalue weighted by molar-refractivity contribution is 8.03. The number of nitriles is 1. The molecule has 2 amide bonds. The van der Waals surface area contributed by atoms with Crippen LogP contribution in [0.5, 0.6) is 5.75 Å². The quantitative estimate of drug-likeness (QED) is 0.342. The number of hydrogen-bond acceptors (Lipinski definition) is 7. The van der Waals surface area contributed by atoms with E-state index in [2.05, 4.69) is 22.0 Å². The van der Waals surface area contributed by atoms with Crippen molar-refractivity contribution in [1.29, 1.82) is 5.26 Å². The second-order valence-electron chi connectivity index (χ2n) is 7.96. The first-order valence-corrected chi connectivity index (χ1v) is 12.6. The summed E-state index contributed by atoms with van der Waals surface area (Å²) in [6.07, 6.45) is 1.49. The number of para-hydroxylation sites is 2. The normalized spacial score (nSPS) is 15.0. The number of thioether (sulfide) groups is 1. The first-order valence-electron chi connectivity index (χ1n) is 11.2. The molecule has 1 aromatic heterocycles. The number of carbonyl (C=O) groups excluding carboxylic acids is 2. The lowest BCUT2D eigenvalue weighted by molar-refractivity contribution is -0.114. The zero-order valence-electron chi connectivity index (χ0n) is 20.0. The Morgan fingerprint density at radius 1 is 1.14 bits per heavy atom. The maximum Gasteiger partial charge on any atom is 0.254 e. The van der Waals surface area contributed by atoms with E-state index >= 15 is 0 Å². The molecule has 0 saturated carbocycles.